The second kappa shape index (κ2) is 6.34. The first kappa shape index (κ1) is 16.3. The Morgan fingerprint density at radius 1 is 1.36 bits per heavy atom. The number of aromatic nitrogens is 2. The monoisotopic (exact) mass is 299 g/mol. The van der Waals surface area contributed by atoms with E-state index in [1.807, 2.05) is 19.1 Å². The van der Waals surface area contributed by atoms with Crippen molar-refractivity contribution < 1.29 is 4.79 Å². The highest BCUT2D eigenvalue weighted by Gasteiger charge is 2.26. The lowest BCUT2D eigenvalue weighted by molar-refractivity contribution is 0.1000. The molecule has 4 nitrogen and oxygen atoms in total. The van der Waals surface area contributed by atoms with Crippen molar-refractivity contribution in [3.05, 3.63) is 41.5 Å². The summed E-state index contributed by atoms with van der Waals surface area (Å²) in [5.41, 5.74) is 10.3. The van der Waals surface area contributed by atoms with Gasteiger partial charge in [-0.05, 0) is 32.3 Å². The summed E-state index contributed by atoms with van der Waals surface area (Å²) in [6.07, 6.45) is 4.37. The number of rotatable bonds is 5. The van der Waals surface area contributed by atoms with Gasteiger partial charge in [-0.1, -0.05) is 26.8 Å². The summed E-state index contributed by atoms with van der Waals surface area (Å²) in [4.78, 5) is 16.3. The molecule has 1 amide bonds. The summed E-state index contributed by atoms with van der Waals surface area (Å²) >= 11 is 0. The Balaban J connectivity index is 2.82. The van der Waals surface area contributed by atoms with Crippen molar-refractivity contribution in [2.45, 2.75) is 47.1 Å². The molecule has 0 saturated heterocycles. The molecule has 1 unspecified atom stereocenters. The number of carbonyl (C=O) groups is 1. The van der Waals surface area contributed by atoms with Gasteiger partial charge in [-0.2, -0.15) is 0 Å². The molecule has 0 bridgehead atoms. The van der Waals surface area contributed by atoms with Crippen LogP contribution in [-0.2, 0) is 6.42 Å². The molecule has 4 heteroatoms. The molecule has 0 aliphatic heterocycles. The van der Waals surface area contributed by atoms with Crippen LogP contribution in [0.3, 0.4) is 0 Å². The van der Waals surface area contributed by atoms with Gasteiger partial charge in [0.1, 0.15) is 0 Å². The Hall–Kier alpha value is -2.10. The van der Waals surface area contributed by atoms with E-state index < -0.39 is 0 Å². The zero-order chi connectivity index (χ0) is 16.4. The van der Waals surface area contributed by atoms with E-state index >= 15 is 0 Å². The Morgan fingerprint density at radius 2 is 2.05 bits per heavy atom. The zero-order valence-electron chi connectivity index (χ0n) is 14.1. The summed E-state index contributed by atoms with van der Waals surface area (Å²) in [7, 11) is 0. The van der Waals surface area contributed by atoms with Gasteiger partial charge in [0.05, 0.1) is 5.56 Å². The second-order valence-electron chi connectivity index (χ2n) is 6.10. The average molecular weight is 299 g/mol. The summed E-state index contributed by atoms with van der Waals surface area (Å²) < 4.78 is 2.27. The normalized spacial score (nSPS) is 12.6. The quantitative estimate of drug-likeness (QED) is 0.914. The van der Waals surface area contributed by atoms with E-state index in [9.17, 15) is 4.79 Å². The minimum absolute atomic E-state index is 0.304. The van der Waals surface area contributed by atoms with Crippen LogP contribution >= 0.6 is 0 Å². The number of pyridine rings is 1. The van der Waals surface area contributed by atoms with Crippen LogP contribution in [0.4, 0.5) is 0 Å². The van der Waals surface area contributed by atoms with Gasteiger partial charge in [0.15, 0.2) is 0 Å². The van der Waals surface area contributed by atoms with Gasteiger partial charge in [0.2, 0.25) is 0 Å². The van der Waals surface area contributed by atoms with Crippen molar-refractivity contribution in [1.82, 2.24) is 9.55 Å². The lowest BCUT2D eigenvalue weighted by Gasteiger charge is -2.23. The molecule has 2 aromatic rings. The predicted octanol–water partition coefficient (Wildman–Crippen LogP) is 3.74. The van der Waals surface area contributed by atoms with Crippen LogP contribution in [-0.4, -0.2) is 15.5 Å². The second-order valence-corrected chi connectivity index (χ2v) is 6.10. The molecule has 2 N–H and O–H groups in total. The van der Waals surface area contributed by atoms with Gasteiger partial charge in [-0.25, -0.2) is 0 Å². The van der Waals surface area contributed by atoms with E-state index in [1.54, 1.807) is 12.4 Å². The van der Waals surface area contributed by atoms with E-state index in [2.05, 4.69) is 37.2 Å². The Labute approximate surface area is 132 Å². The molecule has 2 heterocycles. The molecule has 118 valence electrons. The van der Waals surface area contributed by atoms with Gasteiger partial charge < -0.3 is 10.3 Å². The highest BCUT2D eigenvalue weighted by Crippen LogP contribution is 2.36. The van der Waals surface area contributed by atoms with Crippen molar-refractivity contribution in [3.63, 3.8) is 0 Å². The third-order valence-electron chi connectivity index (χ3n) is 4.46. The van der Waals surface area contributed by atoms with Crippen molar-refractivity contribution in [2.24, 2.45) is 11.7 Å². The summed E-state index contributed by atoms with van der Waals surface area (Å²) in [5.74, 6) is 0.0969. The largest absolute Gasteiger partial charge is 0.366 e. The average Bonchev–Trinajstić information content (AvgIpc) is 2.79. The molecule has 0 spiro atoms. The van der Waals surface area contributed by atoms with E-state index in [1.165, 1.54) is 0 Å². The fourth-order valence-electron chi connectivity index (χ4n) is 3.09. The Kier molecular flexibility index (Phi) is 4.69. The molecule has 0 saturated carbocycles. The van der Waals surface area contributed by atoms with Crippen LogP contribution in [0.25, 0.3) is 11.1 Å². The number of primary amides is 1. The maximum absolute atomic E-state index is 12.1. The first-order chi connectivity index (χ1) is 10.4. The van der Waals surface area contributed by atoms with Crippen LogP contribution in [0, 0.1) is 12.8 Å². The third-order valence-corrected chi connectivity index (χ3v) is 4.46. The van der Waals surface area contributed by atoms with Crippen molar-refractivity contribution in [1.29, 1.82) is 0 Å². The number of amides is 1. The van der Waals surface area contributed by atoms with Crippen LogP contribution in [0.5, 0.6) is 0 Å². The Morgan fingerprint density at radius 3 is 2.50 bits per heavy atom. The molecular formula is C18H25N3O. The summed E-state index contributed by atoms with van der Waals surface area (Å²) in [6.45, 7) is 10.7. The van der Waals surface area contributed by atoms with E-state index in [4.69, 9.17) is 5.73 Å². The first-order valence-electron chi connectivity index (χ1n) is 7.83. The molecule has 0 fully saturated rings. The number of nitrogens with zero attached hydrogens (tertiary/aromatic N) is 2. The van der Waals surface area contributed by atoms with Crippen LogP contribution in [0.1, 0.15) is 55.5 Å². The van der Waals surface area contributed by atoms with Crippen LogP contribution < -0.4 is 5.73 Å². The lowest BCUT2D eigenvalue weighted by Crippen LogP contribution is -2.17. The molecule has 2 aromatic heterocycles. The minimum atomic E-state index is -0.374. The predicted molar refractivity (Wildman–Crippen MR) is 89.8 cm³/mol. The molecule has 0 aromatic carbocycles. The van der Waals surface area contributed by atoms with Crippen LogP contribution in [0.2, 0.25) is 0 Å². The molecule has 0 aliphatic carbocycles. The van der Waals surface area contributed by atoms with E-state index in [0.717, 1.165) is 28.9 Å². The van der Waals surface area contributed by atoms with Gasteiger partial charge in [0, 0.05) is 41.0 Å². The first-order valence-corrected chi connectivity index (χ1v) is 7.83. The smallest absolute Gasteiger partial charge is 0.251 e. The van der Waals surface area contributed by atoms with Gasteiger partial charge in [-0.15, -0.1) is 0 Å². The summed E-state index contributed by atoms with van der Waals surface area (Å²) in [6, 6.07) is 4.18. The highest BCUT2D eigenvalue weighted by molar-refractivity contribution is 6.02. The molecule has 0 radical (unpaired) electrons. The van der Waals surface area contributed by atoms with Gasteiger partial charge >= 0.3 is 0 Å². The molecule has 1 atom stereocenters. The summed E-state index contributed by atoms with van der Waals surface area (Å²) in [5, 5.41) is 0. The molecular weight excluding hydrogens is 274 g/mol. The number of hydrogen-bond acceptors (Lipinski definition) is 2. The van der Waals surface area contributed by atoms with Crippen molar-refractivity contribution >= 4 is 5.91 Å². The fraction of sp³-hybridized carbons (Fsp3) is 0.444. The minimum Gasteiger partial charge on any atom is -0.366 e. The van der Waals surface area contributed by atoms with Crippen molar-refractivity contribution in [2.75, 3.05) is 0 Å². The standard InChI is InChI=1S/C18H25N3O/c1-6-15-17(14-8-7-9-20-10-14)16(18(19)22)13(5)21(15)12(4)11(2)3/h7-12H,6H2,1-5H3,(H2,19,22). The SMILES string of the molecule is CCc1c(-c2cccnc2)c(C(N)=O)c(C)n1C(C)C(C)C. The van der Waals surface area contributed by atoms with E-state index in [0.29, 0.717) is 17.5 Å². The highest BCUT2D eigenvalue weighted by atomic mass is 16.1. The van der Waals surface area contributed by atoms with Crippen molar-refractivity contribution in [3.8, 4) is 11.1 Å². The number of nitrogens with two attached hydrogens (primary N) is 1. The molecule has 0 aliphatic rings. The third kappa shape index (κ3) is 2.65. The van der Waals surface area contributed by atoms with E-state index in [-0.39, 0.29) is 5.91 Å². The maximum Gasteiger partial charge on any atom is 0.251 e. The maximum atomic E-state index is 12.1. The topological polar surface area (TPSA) is 60.9 Å². The fourth-order valence-corrected chi connectivity index (χ4v) is 3.09. The lowest BCUT2D eigenvalue weighted by atomic mass is 10.00. The number of carbonyl (C=O) groups excluding carboxylic acids is 1. The zero-order valence-corrected chi connectivity index (χ0v) is 14.1. The van der Waals surface area contributed by atoms with Crippen LogP contribution in [0.15, 0.2) is 24.5 Å². The Bertz CT molecular complexity index is 671. The number of hydrogen-bond donors (Lipinski definition) is 1. The van der Waals surface area contributed by atoms with Gasteiger partial charge in [-0.3, -0.25) is 9.78 Å². The molecule has 22 heavy (non-hydrogen) atoms. The molecule has 2 rings (SSSR count). The van der Waals surface area contributed by atoms with Gasteiger partial charge in [0.25, 0.3) is 5.91 Å².